The SMILES string of the molecule is C=CCNC(=O)c1cc(S(=O)(=O)NC2CC2)ccc1C. The highest BCUT2D eigenvalue weighted by molar-refractivity contribution is 7.89. The molecule has 20 heavy (non-hydrogen) atoms. The lowest BCUT2D eigenvalue weighted by Crippen LogP contribution is -2.27. The van der Waals surface area contributed by atoms with Crippen molar-refractivity contribution in [1.82, 2.24) is 10.0 Å². The van der Waals surface area contributed by atoms with Crippen LogP contribution in [-0.4, -0.2) is 26.9 Å². The summed E-state index contributed by atoms with van der Waals surface area (Å²) in [4.78, 5) is 12.1. The third-order valence-electron chi connectivity index (χ3n) is 3.07. The fourth-order valence-corrected chi connectivity index (χ4v) is 3.09. The van der Waals surface area contributed by atoms with E-state index in [1.54, 1.807) is 19.1 Å². The van der Waals surface area contributed by atoms with Gasteiger partial charge in [-0.15, -0.1) is 6.58 Å². The molecule has 1 saturated carbocycles. The van der Waals surface area contributed by atoms with Gasteiger partial charge in [-0.2, -0.15) is 0 Å². The molecule has 5 nitrogen and oxygen atoms in total. The average Bonchev–Trinajstić information content (AvgIpc) is 3.19. The van der Waals surface area contributed by atoms with E-state index in [0.717, 1.165) is 18.4 Å². The lowest BCUT2D eigenvalue weighted by atomic mass is 10.1. The standard InChI is InChI=1S/C14H18N2O3S/c1-3-8-15-14(17)13-9-12(7-4-10(13)2)20(18,19)16-11-5-6-11/h3-4,7,9,11,16H,1,5-6,8H2,2H3,(H,15,17). The highest BCUT2D eigenvalue weighted by Crippen LogP contribution is 2.23. The van der Waals surface area contributed by atoms with E-state index < -0.39 is 10.0 Å². The van der Waals surface area contributed by atoms with Gasteiger partial charge in [0.1, 0.15) is 0 Å². The highest BCUT2D eigenvalue weighted by atomic mass is 32.2. The smallest absolute Gasteiger partial charge is 0.251 e. The molecular weight excluding hydrogens is 276 g/mol. The van der Waals surface area contributed by atoms with Gasteiger partial charge >= 0.3 is 0 Å². The number of sulfonamides is 1. The summed E-state index contributed by atoms with van der Waals surface area (Å²) < 4.78 is 26.8. The summed E-state index contributed by atoms with van der Waals surface area (Å²) in [5.41, 5.74) is 1.10. The first-order valence-electron chi connectivity index (χ1n) is 6.46. The molecule has 108 valence electrons. The van der Waals surface area contributed by atoms with Crippen LogP contribution >= 0.6 is 0 Å². The van der Waals surface area contributed by atoms with Gasteiger partial charge < -0.3 is 5.32 Å². The van der Waals surface area contributed by atoms with Gasteiger partial charge in [-0.25, -0.2) is 13.1 Å². The van der Waals surface area contributed by atoms with Crippen LogP contribution in [0.25, 0.3) is 0 Å². The van der Waals surface area contributed by atoms with Crippen LogP contribution in [0, 0.1) is 6.92 Å². The Labute approximate surface area is 119 Å². The van der Waals surface area contributed by atoms with Gasteiger partial charge in [0.25, 0.3) is 5.91 Å². The first-order valence-corrected chi connectivity index (χ1v) is 7.94. The summed E-state index contributed by atoms with van der Waals surface area (Å²) >= 11 is 0. The molecule has 1 aliphatic carbocycles. The molecule has 2 N–H and O–H groups in total. The van der Waals surface area contributed by atoms with Crippen molar-refractivity contribution in [3.05, 3.63) is 42.0 Å². The second kappa shape index (κ2) is 5.76. The van der Waals surface area contributed by atoms with Crippen molar-refractivity contribution < 1.29 is 13.2 Å². The summed E-state index contributed by atoms with van der Waals surface area (Å²) in [6.45, 7) is 5.64. The molecule has 1 aromatic carbocycles. The molecule has 6 heteroatoms. The van der Waals surface area contributed by atoms with Crippen molar-refractivity contribution in [2.24, 2.45) is 0 Å². The third-order valence-corrected chi connectivity index (χ3v) is 4.59. The van der Waals surface area contributed by atoms with Crippen molar-refractivity contribution >= 4 is 15.9 Å². The predicted molar refractivity (Wildman–Crippen MR) is 77.1 cm³/mol. The highest BCUT2D eigenvalue weighted by Gasteiger charge is 2.28. The quantitative estimate of drug-likeness (QED) is 0.778. The van der Waals surface area contributed by atoms with E-state index in [1.165, 1.54) is 12.1 Å². The molecule has 0 aliphatic heterocycles. The van der Waals surface area contributed by atoms with Gasteiger partial charge in [0.2, 0.25) is 10.0 Å². The molecule has 0 radical (unpaired) electrons. The summed E-state index contributed by atoms with van der Waals surface area (Å²) in [5.74, 6) is -0.300. The normalized spacial score (nSPS) is 14.8. The minimum Gasteiger partial charge on any atom is -0.349 e. The molecule has 0 aromatic heterocycles. The summed E-state index contributed by atoms with van der Waals surface area (Å²) in [5, 5.41) is 2.65. The van der Waals surface area contributed by atoms with E-state index in [-0.39, 0.29) is 16.8 Å². The second-order valence-electron chi connectivity index (χ2n) is 4.87. The van der Waals surface area contributed by atoms with Gasteiger partial charge in [0.15, 0.2) is 0 Å². The lowest BCUT2D eigenvalue weighted by Gasteiger charge is -2.10. The summed E-state index contributed by atoms with van der Waals surface area (Å²) in [6.07, 6.45) is 3.32. The zero-order valence-corrected chi connectivity index (χ0v) is 12.2. The van der Waals surface area contributed by atoms with Crippen molar-refractivity contribution in [3.8, 4) is 0 Å². The second-order valence-corrected chi connectivity index (χ2v) is 6.58. The molecule has 0 saturated heterocycles. The number of rotatable bonds is 6. The molecule has 0 heterocycles. The molecule has 0 atom stereocenters. The van der Waals surface area contributed by atoms with Crippen LogP contribution in [-0.2, 0) is 10.0 Å². The van der Waals surface area contributed by atoms with Crippen LogP contribution in [0.4, 0.5) is 0 Å². The number of hydrogen-bond donors (Lipinski definition) is 2. The van der Waals surface area contributed by atoms with Crippen molar-refractivity contribution in [2.45, 2.75) is 30.7 Å². The molecule has 0 bridgehead atoms. The van der Waals surface area contributed by atoms with Crippen LogP contribution in [0.1, 0.15) is 28.8 Å². The van der Waals surface area contributed by atoms with E-state index in [9.17, 15) is 13.2 Å². The number of carbonyl (C=O) groups is 1. The number of nitrogens with one attached hydrogen (secondary N) is 2. The molecule has 1 aliphatic rings. The Bertz CT molecular complexity index is 634. The summed E-state index contributed by atoms with van der Waals surface area (Å²) in [7, 11) is -3.54. The van der Waals surface area contributed by atoms with E-state index in [0.29, 0.717) is 12.1 Å². The van der Waals surface area contributed by atoms with Crippen molar-refractivity contribution in [1.29, 1.82) is 0 Å². The number of aryl methyl sites for hydroxylation is 1. The zero-order chi connectivity index (χ0) is 14.8. The summed E-state index contributed by atoms with van der Waals surface area (Å²) in [6, 6.07) is 4.62. The van der Waals surface area contributed by atoms with Gasteiger partial charge in [-0.1, -0.05) is 12.1 Å². The third kappa shape index (κ3) is 3.46. The van der Waals surface area contributed by atoms with E-state index in [2.05, 4.69) is 16.6 Å². The van der Waals surface area contributed by atoms with Crippen LogP contribution in [0.3, 0.4) is 0 Å². The van der Waals surface area contributed by atoms with Gasteiger partial charge in [0, 0.05) is 18.2 Å². The Hall–Kier alpha value is -1.66. The Balaban J connectivity index is 2.27. The lowest BCUT2D eigenvalue weighted by molar-refractivity contribution is 0.0957. The molecular formula is C14H18N2O3S. The maximum atomic E-state index is 12.1. The Morgan fingerprint density at radius 2 is 2.15 bits per heavy atom. The molecule has 1 amide bonds. The van der Waals surface area contributed by atoms with Crippen LogP contribution in [0.2, 0.25) is 0 Å². The predicted octanol–water partition coefficient (Wildman–Crippen LogP) is 1.35. The van der Waals surface area contributed by atoms with Crippen LogP contribution in [0.15, 0.2) is 35.7 Å². The van der Waals surface area contributed by atoms with E-state index in [1.807, 2.05) is 0 Å². The van der Waals surface area contributed by atoms with Crippen LogP contribution < -0.4 is 10.0 Å². The monoisotopic (exact) mass is 294 g/mol. The molecule has 0 spiro atoms. The van der Waals surface area contributed by atoms with Crippen molar-refractivity contribution in [3.63, 3.8) is 0 Å². The first-order chi connectivity index (χ1) is 9.44. The van der Waals surface area contributed by atoms with Gasteiger partial charge in [-0.3, -0.25) is 4.79 Å². The van der Waals surface area contributed by atoms with E-state index >= 15 is 0 Å². The molecule has 1 aromatic rings. The molecule has 1 fully saturated rings. The maximum absolute atomic E-state index is 12.1. The van der Waals surface area contributed by atoms with Crippen molar-refractivity contribution in [2.75, 3.05) is 6.54 Å². The number of amides is 1. The average molecular weight is 294 g/mol. The largest absolute Gasteiger partial charge is 0.349 e. The topological polar surface area (TPSA) is 75.3 Å². The maximum Gasteiger partial charge on any atom is 0.251 e. The van der Waals surface area contributed by atoms with Gasteiger partial charge in [-0.05, 0) is 37.5 Å². The number of benzene rings is 1. The van der Waals surface area contributed by atoms with E-state index in [4.69, 9.17) is 0 Å². The first kappa shape index (κ1) is 14.7. The van der Waals surface area contributed by atoms with Crippen LogP contribution in [0.5, 0.6) is 0 Å². The van der Waals surface area contributed by atoms with Gasteiger partial charge in [0.05, 0.1) is 4.90 Å². The fourth-order valence-electron chi connectivity index (χ4n) is 1.76. The Morgan fingerprint density at radius 3 is 2.75 bits per heavy atom. The Kier molecular flexibility index (Phi) is 4.25. The number of carbonyl (C=O) groups excluding carboxylic acids is 1. The molecule has 2 rings (SSSR count). The minimum absolute atomic E-state index is 0.0411. The Morgan fingerprint density at radius 1 is 1.45 bits per heavy atom. The minimum atomic E-state index is -3.54. The fraction of sp³-hybridized carbons (Fsp3) is 0.357. The molecule has 0 unspecified atom stereocenters. The zero-order valence-electron chi connectivity index (χ0n) is 11.3. The number of hydrogen-bond acceptors (Lipinski definition) is 3.